The molecule has 0 aromatic carbocycles. The molecule has 7 nitrogen and oxygen atoms in total. The summed E-state index contributed by atoms with van der Waals surface area (Å²) in [7, 11) is 1.65. The van der Waals surface area contributed by atoms with E-state index in [1.807, 2.05) is 4.68 Å². The summed E-state index contributed by atoms with van der Waals surface area (Å²) >= 11 is 3.47. The van der Waals surface area contributed by atoms with Crippen LogP contribution in [0, 0.1) is 0 Å². The Balaban J connectivity index is 2.35. The number of rotatable bonds is 6. The highest BCUT2D eigenvalue weighted by Gasteiger charge is 2.22. The molecule has 0 aliphatic carbocycles. The van der Waals surface area contributed by atoms with Crippen LogP contribution in [0.15, 0.2) is 29.1 Å². The molecule has 0 amide bonds. The SMILES string of the molecule is COCCn1ncc(Br)c1C(NN)c1ncccn1. The first-order valence-corrected chi connectivity index (χ1v) is 6.50. The number of nitrogens with zero attached hydrogens (tertiary/aromatic N) is 4. The summed E-state index contributed by atoms with van der Waals surface area (Å²) < 4.78 is 7.73. The molecule has 0 radical (unpaired) electrons. The molecule has 2 heterocycles. The first-order chi connectivity index (χ1) is 9.27. The van der Waals surface area contributed by atoms with E-state index in [1.54, 1.807) is 31.8 Å². The fourth-order valence-corrected chi connectivity index (χ4v) is 2.28. The van der Waals surface area contributed by atoms with E-state index in [-0.39, 0.29) is 6.04 Å². The lowest BCUT2D eigenvalue weighted by Gasteiger charge is -2.17. The van der Waals surface area contributed by atoms with E-state index in [0.717, 1.165) is 10.2 Å². The Kier molecular flexibility index (Phi) is 4.97. The molecule has 19 heavy (non-hydrogen) atoms. The fourth-order valence-electron chi connectivity index (χ4n) is 1.75. The van der Waals surface area contributed by atoms with Crippen LogP contribution in [0.25, 0.3) is 0 Å². The maximum atomic E-state index is 5.64. The number of nitrogens with one attached hydrogen (secondary N) is 1. The summed E-state index contributed by atoms with van der Waals surface area (Å²) in [4.78, 5) is 8.44. The van der Waals surface area contributed by atoms with Crippen LogP contribution in [0.3, 0.4) is 0 Å². The standard InChI is InChI=1S/C11H15BrN6O/c1-19-6-5-18-10(8(12)7-16-18)9(17-13)11-14-3-2-4-15-11/h2-4,7,9,17H,5-6,13H2,1H3. The molecule has 3 N–H and O–H groups in total. The van der Waals surface area contributed by atoms with Gasteiger partial charge in [0.25, 0.3) is 0 Å². The van der Waals surface area contributed by atoms with E-state index in [9.17, 15) is 0 Å². The van der Waals surface area contributed by atoms with Crippen LogP contribution in [-0.2, 0) is 11.3 Å². The maximum absolute atomic E-state index is 5.64. The number of hydrogen-bond acceptors (Lipinski definition) is 6. The van der Waals surface area contributed by atoms with Gasteiger partial charge < -0.3 is 4.74 Å². The van der Waals surface area contributed by atoms with Crippen molar-refractivity contribution in [2.45, 2.75) is 12.6 Å². The van der Waals surface area contributed by atoms with Gasteiger partial charge in [-0.05, 0) is 22.0 Å². The quantitative estimate of drug-likeness (QED) is 0.597. The molecular formula is C11H15BrN6O. The summed E-state index contributed by atoms with van der Waals surface area (Å²) in [6, 6.07) is 1.42. The molecule has 0 saturated carbocycles. The molecule has 0 aliphatic heterocycles. The van der Waals surface area contributed by atoms with Crippen molar-refractivity contribution in [3.8, 4) is 0 Å². The third-order valence-electron chi connectivity index (χ3n) is 2.62. The summed E-state index contributed by atoms with van der Waals surface area (Å²) in [5.41, 5.74) is 3.59. The minimum Gasteiger partial charge on any atom is -0.383 e. The summed E-state index contributed by atoms with van der Waals surface area (Å²) in [6.07, 6.45) is 5.07. The molecule has 0 spiro atoms. The van der Waals surface area contributed by atoms with Gasteiger partial charge in [-0.2, -0.15) is 5.10 Å². The third kappa shape index (κ3) is 3.16. The number of hydrogen-bond donors (Lipinski definition) is 2. The zero-order chi connectivity index (χ0) is 13.7. The van der Waals surface area contributed by atoms with Crippen molar-refractivity contribution < 1.29 is 4.74 Å². The zero-order valence-electron chi connectivity index (χ0n) is 10.5. The molecule has 8 heteroatoms. The number of halogens is 1. The van der Waals surface area contributed by atoms with Crippen LogP contribution in [0.5, 0.6) is 0 Å². The van der Waals surface area contributed by atoms with Gasteiger partial charge in [-0.1, -0.05) is 0 Å². The summed E-state index contributed by atoms with van der Waals surface area (Å²) in [5, 5.41) is 4.29. The monoisotopic (exact) mass is 326 g/mol. The minimum absolute atomic E-state index is 0.338. The van der Waals surface area contributed by atoms with Crippen LogP contribution in [0.1, 0.15) is 17.6 Å². The number of ether oxygens (including phenoxy) is 1. The van der Waals surface area contributed by atoms with Gasteiger partial charge in [0, 0.05) is 19.5 Å². The van der Waals surface area contributed by atoms with Crippen molar-refractivity contribution in [1.29, 1.82) is 0 Å². The summed E-state index contributed by atoms with van der Waals surface area (Å²) in [5.74, 6) is 6.23. The third-order valence-corrected chi connectivity index (χ3v) is 3.24. The molecule has 1 unspecified atom stereocenters. The molecule has 0 aliphatic rings. The number of hydrazine groups is 1. The second-order valence-corrected chi connectivity index (χ2v) is 4.65. The molecule has 102 valence electrons. The highest BCUT2D eigenvalue weighted by atomic mass is 79.9. The maximum Gasteiger partial charge on any atom is 0.152 e. The number of aromatic nitrogens is 4. The van der Waals surface area contributed by atoms with Crippen LogP contribution < -0.4 is 11.3 Å². The average molecular weight is 327 g/mol. The topological polar surface area (TPSA) is 90.9 Å². The largest absolute Gasteiger partial charge is 0.383 e. The van der Waals surface area contributed by atoms with Crippen LogP contribution in [-0.4, -0.2) is 33.5 Å². The Morgan fingerprint density at radius 1 is 1.47 bits per heavy atom. The molecule has 2 rings (SSSR count). The van der Waals surface area contributed by atoms with Gasteiger partial charge in [-0.3, -0.25) is 10.5 Å². The van der Waals surface area contributed by atoms with E-state index in [2.05, 4.69) is 36.4 Å². The molecular weight excluding hydrogens is 312 g/mol. The smallest absolute Gasteiger partial charge is 0.152 e. The second kappa shape index (κ2) is 6.71. The van der Waals surface area contributed by atoms with E-state index in [1.165, 1.54) is 0 Å². The van der Waals surface area contributed by atoms with Crippen molar-refractivity contribution in [1.82, 2.24) is 25.2 Å². The van der Waals surface area contributed by atoms with Gasteiger partial charge in [-0.15, -0.1) is 0 Å². The fraction of sp³-hybridized carbons (Fsp3) is 0.364. The van der Waals surface area contributed by atoms with E-state index in [0.29, 0.717) is 19.0 Å². The summed E-state index contributed by atoms with van der Waals surface area (Å²) in [6.45, 7) is 1.19. The highest BCUT2D eigenvalue weighted by molar-refractivity contribution is 9.10. The Hall–Kier alpha value is -1.35. The van der Waals surface area contributed by atoms with Gasteiger partial charge in [0.05, 0.1) is 29.5 Å². The van der Waals surface area contributed by atoms with Crippen LogP contribution in [0.4, 0.5) is 0 Å². The normalized spacial score (nSPS) is 12.6. The number of methoxy groups -OCH3 is 1. The predicted molar refractivity (Wildman–Crippen MR) is 73.0 cm³/mol. The van der Waals surface area contributed by atoms with Crippen molar-refractivity contribution in [3.05, 3.63) is 40.6 Å². The van der Waals surface area contributed by atoms with Crippen molar-refractivity contribution in [2.75, 3.05) is 13.7 Å². The Bertz CT molecular complexity index is 517. The van der Waals surface area contributed by atoms with Crippen LogP contribution in [0.2, 0.25) is 0 Å². The van der Waals surface area contributed by atoms with Crippen molar-refractivity contribution in [3.63, 3.8) is 0 Å². The van der Waals surface area contributed by atoms with Gasteiger partial charge in [0.2, 0.25) is 0 Å². The van der Waals surface area contributed by atoms with E-state index in [4.69, 9.17) is 10.6 Å². The molecule has 2 aromatic heterocycles. The number of nitrogens with two attached hydrogens (primary N) is 1. The first-order valence-electron chi connectivity index (χ1n) is 5.71. The molecule has 0 saturated heterocycles. The molecule has 0 fully saturated rings. The first kappa shape index (κ1) is 14.1. The van der Waals surface area contributed by atoms with Gasteiger partial charge >= 0.3 is 0 Å². The minimum atomic E-state index is -0.338. The van der Waals surface area contributed by atoms with Gasteiger partial charge in [0.15, 0.2) is 5.82 Å². The lowest BCUT2D eigenvalue weighted by molar-refractivity contribution is 0.182. The lowest BCUT2D eigenvalue weighted by atomic mass is 10.2. The van der Waals surface area contributed by atoms with Crippen molar-refractivity contribution >= 4 is 15.9 Å². The average Bonchev–Trinajstić information content (AvgIpc) is 2.80. The van der Waals surface area contributed by atoms with Gasteiger partial charge in [0.1, 0.15) is 6.04 Å². The molecule has 0 bridgehead atoms. The lowest BCUT2D eigenvalue weighted by Crippen LogP contribution is -2.32. The van der Waals surface area contributed by atoms with E-state index < -0.39 is 0 Å². The molecule has 2 aromatic rings. The van der Waals surface area contributed by atoms with Gasteiger partial charge in [-0.25, -0.2) is 15.4 Å². The van der Waals surface area contributed by atoms with E-state index >= 15 is 0 Å². The molecule has 1 atom stereocenters. The zero-order valence-corrected chi connectivity index (χ0v) is 12.0. The van der Waals surface area contributed by atoms with Crippen molar-refractivity contribution in [2.24, 2.45) is 5.84 Å². The highest BCUT2D eigenvalue weighted by Crippen LogP contribution is 2.26. The van der Waals surface area contributed by atoms with Crippen LogP contribution >= 0.6 is 15.9 Å². The Labute approximate surface area is 119 Å². The Morgan fingerprint density at radius 2 is 2.21 bits per heavy atom. The predicted octanol–water partition coefficient (Wildman–Crippen LogP) is 0.635. The second-order valence-electron chi connectivity index (χ2n) is 3.80. The Morgan fingerprint density at radius 3 is 2.84 bits per heavy atom.